The lowest BCUT2D eigenvalue weighted by Gasteiger charge is -2.09. The Kier molecular flexibility index (Phi) is 7.60. The van der Waals surface area contributed by atoms with Gasteiger partial charge in [-0.3, -0.25) is 0 Å². The first kappa shape index (κ1) is 24.6. The van der Waals surface area contributed by atoms with Crippen LogP contribution in [0.15, 0.2) is 60.8 Å². The zero-order chi connectivity index (χ0) is 24.9. The van der Waals surface area contributed by atoms with Gasteiger partial charge in [-0.15, -0.1) is 10.5 Å². The number of hydrogen-bond acceptors (Lipinski definition) is 6. The number of para-hydroxylation sites is 1. The summed E-state index contributed by atoms with van der Waals surface area (Å²) in [5.74, 6) is 4.34. The quantitative estimate of drug-likeness (QED) is 0.151. The molecule has 0 aliphatic heterocycles. The summed E-state index contributed by atoms with van der Waals surface area (Å²) in [7, 11) is 1.33. The van der Waals surface area contributed by atoms with Crippen LogP contribution in [0.25, 0.3) is 33.4 Å². The number of nitrogens with zero attached hydrogens (tertiary/aromatic N) is 3. The number of ether oxygens (including phenoxy) is 2. The third-order valence-corrected chi connectivity index (χ3v) is 6.50. The van der Waals surface area contributed by atoms with Crippen LogP contribution in [0.5, 0.6) is 5.75 Å². The van der Waals surface area contributed by atoms with Crippen molar-refractivity contribution in [3.05, 3.63) is 66.4 Å². The van der Waals surface area contributed by atoms with Gasteiger partial charge >= 0.3 is 5.97 Å². The number of fused-ring (bicyclic) bond motifs is 1. The fourth-order valence-corrected chi connectivity index (χ4v) is 4.19. The highest BCUT2D eigenvalue weighted by molar-refractivity contribution is 7.93. The Morgan fingerprint density at radius 3 is 2.71 bits per heavy atom. The SMILES string of the molecule is C=[SH+](C)CCOCn1nc(-c2ccccc2OC)c2cc(-c3cccc(C(O)C(=O)O)c3)cnc21. The Morgan fingerprint density at radius 2 is 1.97 bits per heavy atom. The Bertz CT molecular complexity index is 1380. The smallest absolute Gasteiger partial charge is 0.337 e. The molecule has 4 rings (SSSR count). The highest BCUT2D eigenvalue weighted by Gasteiger charge is 2.19. The molecule has 2 N–H and O–H groups in total. The van der Waals surface area contributed by atoms with Crippen LogP contribution in [0.3, 0.4) is 0 Å². The summed E-state index contributed by atoms with van der Waals surface area (Å²) in [5, 5.41) is 24.8. The number of rotatable bonds is 10. The van der Waals surface area contributed by atoms with Crippen LogP contribution in [-0.4, -0.2) is 62.5 Å². The van der Waals surface area contributed by atoms with Crippen molar-refractivity contribution in [3.8, 4) is 28.1 Å². The van der Waals surface area contributed by atoms with E-state index in [1.54, 1.807) is 36.2 Å². The fraction of sp³-hybridized carbons (Fsp3) is 0.231. The van der Waals surface area contributed by atoms with E-state index in [0.29, 0.717) is 29.3 Å². The van der Waals surface area contributed by atoms with Crippen LogP contribution in [0, 0.1) is 0 Å². The minimum Gasteiger partial charge on any atom is -0.496 e. The second-order valence-corrected chi connectivity index (χ2v) is 10.3. The number of aliphatic hydroxyl groups excluding tert-OH is 1. The normalized spacial score (nSPS) is 13.0. The topological polar surface area (TPSA) is 107 Å². The van der Waals surface area contributed by atoms with Gasteiger partial charge in [0.15, 0.2) is 11.8 Å². The van der Waals surface area contributed by atoms with Gasteiger partial charge in [-0.2, -0.15) is 5.10 Å². The average Bonchev–Trinajstić information content (AvgIpc) is 3.23. The lowest BCUT2D eigenvalue weighted by molar-refractivity contribution is -0.146. The number of hydrogen-bond donors (Lipinski definition) is 2. The van der Waals surface area contributed by atoms with Crippen LogP contribution < -0.4 is 4.74 Å². The summed E-state index contributed by atoms with van der Waals surface area (Å²) in [4.78, 5) is 15.9. The molecule has 0 saturated heterocycles. The molecule has 9 heteroatoms. The summed E-state index contributed by atoms with van der Waals surface area (Å²) >= 11 is 0. The van der Waals surface area contributed by atoms with Crippen LogP contribution in [-0.2, 0) is 26.7 Å². The molecule has 0 saturated carbocycles. The molecule has 0 aliphatic carbocycles. The minimum atomic E-state index is -1.60. The third-order valence-electron chi connectivity index (χ3n) is 5.55. The number of aliphatic hydroxyl groups is 1. The standard InChI is InChI=1S/C26H27N3O5S/c1-33-22-10-5-4-9-20(22)23-21-14-19(17-7-6-8-18(13-17)24(30)26(31)32)15-27-25(21)29(28-23)16-34-11-12-35(2)3/h4-10,13-15,24,30H,2,11-12,16H2,1,3H3,(H,31,32)/p+1. The predicted octanol–water partition coefficient (Wildman–Crippen LogP) is 3.28. The molecule has 0 fully saturated rings. The van der Waals surface area contributed by atoms with Gasteiger partial charge in [-0.25, -0.2) is 14.5 Å². The van der Waals surface area contributed by atoms with Crippen molar-refractivity contribution < 1.29 is 24.5 Å². The number of carboxylic acids is 1. The van der Waals surface area contributed by atoms with E-state index >= 15 is 0 Å². The fourth-order valence-electron chi connectivity index (χ4n) is 3.75. The van der Waals surface area contributed by atoms with E-state index in [4.69, 9.17) is 14.6 Å². The van der Waals surface area contributed by atoms with Crippen molar-refractivity contribution in [1.29, 1.82) is 0 Å². The van der Waals surface area contributed by atoms with E-state index in [9.17, 15) is 15.0 Å². The van der Waals surface area contributed by atoms with E-state index in [1.165, 1.54) is 0 Å². The summed E-state index contributed by atoms with van der Waals surface area (Å²) in [6.45, 7) is 0.843. The molecular formula is C26H28N3O5S+. The van der Waals surface area contributed by atoms with Gasteiger partial charge < -0.3 is 19.7 Å². The molecule has 0 bridgehead atoms. The Labute approximate surface area is 205 Å². The molecule has 4 aromatic rings. The predicted molar refractivity (Wildman–Crippen MR) is 140 cm³/mol. The third kappa shape index (κ3) is 5.43. The maximum absolute atomic E-state index is 11.2. The van der Waals surface area contributed by atoms with E-state index in [2.05, 4.69) is 17.1 Å². The number of thiol groups is 1. The largest absolute Gasteiger partial charge is 0.496 e. The number of carboxylic acid groups (broad SMARTS) is 1. The molecule has 0 spiro atoms. The highest BCUT2D eigenvalue weighted by atomic mass is 32.2. The number of pyridine rings is 1. The lowest BCUT2D eigenvalue weighted by Crippen LogP contribution is -2.10. The van der Waals surface area contributed by atoms with E-state index in [-0.39, 0.29) is 17.2 Å². The molecule has 0 amide bonds. The van der Waals surface area contributed by atoms with Crippen molar-refractivity contribution in [3.63, 3.8) is 0 Å². The van der Waals surface area contributed by atoms with Gasteiger partial charge in [-0.05, 0) is 35.4 Å². The molecule has 35 heavy (non-hydrogen) atoms. The summed E-state index contributed by atoms with van der Waals surface area (Å²) in [6.07, 6.45) is 2.22. The molecule has 2 aromatic heterocycles. The van der Waals surface area contributed by atoms with Crippen molar-refractivity contribution in [2.75, 3.05) is 25.7 Å². The molecule has 0 radical (unpaired) electrons. The van der Waals surface area contributed by atoms with Crippen molar-refractivity contribution in [2.24, 2.45) is 0 Å². The first-order valence-corrected chi connectivity index (χ1v) is 13.2. The van der Waals surface area contributed by atoms with Crippen LogP contribution in [0.2, 0.25) is 0 Å². The monoisotopic (exact) mass is 494 g/mol. The summed E-state index contributed by atoms with van der Waals surface area (Å²) in [5.41, 5.74) is 3.98. The Morgan fingerprint density at radius 1 is 1.17 bits per heavy atom. The number of methoxy groups -OCH3 is 1. The number of aromatic nitrogens is 3. The Hall–Kier alpha value is -3.53. The van der Waals surface area contributed by atoms with Gasteiger partial charge in [0.25, 0.3) is 0 Å². The van der Waals surface area contributed by atoms with Crippen molar-refractivity contribution in [1.82, 2.24) is 14.8 Å². The van der Waals surface area contributed by atoms with E-state index in [1.807, 2.05) is 36.4 Å². The van der Waals surface area contributed by atoms with Crippen molar-refractivity contribution in [2.45, 2.75) is 12.8 Å². The van der Waals surface area contributed by atoms with Crippen LogP contribution in [0.4, 0.5) is 0 Å². The van der Waals surface area contributed by atoms with Gasteiger partial charge in [0, 0.05) is 28.6 Å². The molecule has 0 aliphatic rings. The van der Waals surface area contributed by atoms with E-state index < -0.39 is 12.1 Å². The maximum atomic E-state index is 11.2. The van der Waals surface area contributed by atoms with Crippen LogP contribution >= 0.6 is 0 Å². The number of aliphatic carboxylic acids is 1. The van der Waals surface area contributed by atoms with Gasteiger partial charge in [0.2, 0.25) is 0 Å². The second-order valence-electron chi connectivity index (χ2n) is 8.13. The molecular weight excluding hydrogens is 466 g/mol. The number of benzene rings is 2. The van der Waals surface area contributed by atoms with Gasteiger partial charge in [0.05, 0.1) is 25.7 Å². The zero-order valence-corrected chi connectivity index (χ0v) is 20.5. The second kappa shape index (κ2) is 10.8. The summed E-state index contributed by atoms with van der Waals surface area (Å²) in [6, 6.07) is 16.4. The minimum absolute atomic E-state index is 0.251. The molecule has 182 valence electrons. The Balaban J connectivity index is 1.80. The van der Waals surface area contributed by atoms with E-state index in [0.717, 1.165) is 27.8 Å². The van der Waals surface area contributed by atoms with Crippen molar-refractivity contribution >= 4 is 33.4 Å². The zero-order valence-electron chi connectivity index (χ0n) is 19.6. The first-order chi connectivity index (χ1) is 16.9. The molecule has 8 nitrogen and oxygen atoms in total. The molecule has 2 unspecified atom stereocenters. The summed E-state index contributed by atoms with van der Waals surface area (Å²) < 4.78 is 13.1. The van der Waals surface area contributed by atoms with Crippen LogP contribution in [0.1, 0.15) is 11.7 Å². The lowest BCUT2D eigenvalue weighted by atomic mass is 10.00. The first-order valence-electron chi connectivity index (χ1n) is 11.0. The maximum Gasteiger partial charge on any atom is 0.337 e. The average molecular weight is 495 g/mol. The van der Waals surface area contributed by atoms with Gasteiger partial charge in [-0.1, -0.05) is 30.3 Å². The molecule has 2 heterocycles. The molecule has 2 aromatic carbocycles. The number of carbonyl (C=O) groups is 1. The molecule has 2 atom stereocenters. The van der Waals surface area contributed by atoms with Gasteiger partial charge in [0.1, 0.15) is 18.2 Å². The highest BCUT2D eigenvalue weighted by Crippen LogP contribution is 2.35.